The van der Waals surface area contributed by atoms with Crippen molar-refractivity contribution in [3.63, 3.8) is 0 Å². The summed E-state index contributed by atoms with van der Waals surface area (Å²) in [6, 6.07) is 14.0. The number of benzene rings is 1. The van der Waals surface area contributed by atoms with Gasteiger partial charge in [0.1, 0.15) is 0 Å². The highest BCUT2D eigenvalue weighted by Gasteiger charge is 2.14. The van der Waals surface area contributed by atoms with Gasteiger partial charge in [-0.15, -0.1) is 22.7 Å². The summed E-state index contributed by atoms with van der Waals surface area (Å²) < 4.78 is 2.14. The zero-order valence-corrected chi connectivity index (χ0v) is 14.8. The molecule has 3 aromatic rings. The van der Waals surface area contributed by atoms with Gasteiger partial charge in [-0.05, 0) is 30.4 Å². The standard InChI is InChI=1S/C18H18N2OS2/c1-3-14-16(13-9-6-5-7-10-13)20(4-2)18(23-14)19-17(21)15-11-8-12-22-15/h5-12H,3-4H2,1-2H3. The molecule has 0 bridgehead atoms. The second kappa shape index (κ2) is 7.06. The highest BCUT2D eigenvalue weighted by Crippen LogP contribution is 2.26. The molecule has 5 heteroatoms. The van der Waals surface area contributed by atoms with Crippen LogP contribution in [0.15, 0.2) is 52.8 Å². The van der Waals surface area contributed by atoms with Crippen molar-refractivity contribution >= 4 is 28.6 Å². The van der Waals surface area contributed by atoms with E-state index in [1.165, 1.54) is 27.5 Å². The Bertz CT molecular complexity index is 858. The number of hydrogen-bond acceptors (Lipinski definition) is 3. The number of carbonyl (C=O) groups is 1. The number of nitrogens with zero attached hydrogens (tertiary/aromatic N) is 2. The summed E-state index contributed by atoms with van der Waals surface area (Å²) in [6.45, 7) is 5.02. The Kier molecular flexibility index (Phi) is 4.88. The maximum absolute atomic E-state index is 12.3. The van der Waals surface area contributed by atoms with Gasteiger partial charge in [0.05, 0.1) is 10.6 Å². The summed E-state index contributed by atoms with van der Waals surface area (Å²) in [7, 11) is 0. The highest BCUT2D eigenvalue weighted by atomic mass is 32.1. The Morgan fingerprint density at radius 1 is 1.13 bits per heavy atom. The molecule has 1 aromatic carbocycles. The maximum atomic E-state index is 12.3. The summed E-state index contributed by atoms with van der Waals surface area (Å²) in [4.78, 5) is 19.4. The molecule has 2 heterocycles. The van der Waals surface area contributed by atoms with Crippen LogP contribution in [0.25, 0.3) is 11.3 Å². The monoisotopic (exact) mass is 342 g/mol. The molecule has 23 heavy (non-hydrogen) atoms. The third kappa shape index (κ3) is 3.21. The van der Waals surface area contributed by atoms with Gasteiger partial charge in [0.25, 0.3) is 5.91 Å². The topological polar surface area (TPSA) is 34.4 Å². The van der Waals surface area contributed by atoms with E-state index in [9.17, 15) is 4.79 Å². The molecule has 3 rings (SSSR count). The van der Waals surface area contributed by atoms with Gasteiger partial charge in [0, 0.05) is 11.4 Å². The van der Waals surface area contributed by atoms with Crippen LogP contribution in [0.5, 0.6) is 0 Å². The van der Waals surface area contributed by atoms with Crippen LogP contribution < -0.4 is 4.80 Å². The molecule has 0 radical (unpaired) electrons. The normalized spacial score (nSPS) is 11.8. The summed E-state index contributed by atoms with van der Waals surface area (Å²) >= 11 is 3.04. The number of rotatable bonds is 4. The lowest BCUT2D eigenvalue weighted by molar-refractivity contribution is 0.100. The van der Waals surface area contributed by atoms with Gasteiger partial charge in [-0.2, -0.15) is 4.99 Å². The van der Waals surface area contributed by atoms with E-state index in [4.69, 9.17) is 0 Å². The molecule has 0 aliphatic heterocycles. The Morgan fingerprint density at radius 3 is 2.52 bits per heavy atom. The van der Waals surface area contributed by atoms with Crippen LogP contribution in [0.2, 0.25) is 0 Å². The molecule has 118 valence electrons. The molecule has 0 unspecified atom stereocenters. The molecule has 0 aliphatic carbocycles. The van der Waals surface area contributed by atoms with Gasteiger partial charge in [0.2, 0.25) is 0 Å². The Labute approximate surface area is 143 Å². The number of aryl methyl sites for hydroxylation is 1. The second-order valence-corrected chi connectivity index (χ2v) is 7.02. The van der Waals surface area contributed by atoms with E-state index >= 15 is 0 Å². The van der Waals surface area contributed by atoms with Crippen LogP contribution in [0.3, 0.4) is 0 Å². The molecule has 2 aromatic heterocycles. The molecule has 0 saturated heterocycles. The van der Waals surface area contributed by atoms with Crippen molar-refractivity contribution in [3.05, 3.63) is 62.4 Å². The predicted octanol–water partition coefficient (Wildman–Crippen LogP) is 4.60. The second-order valence-electron chi connectivity index (χ2n) is 5.01. The average molecular weight is 342 g/mol. The lowest BCUT2D eigenvalue weighted by Crippen LogP contribution is -2.16. The zero-order chi connectivity index (χ0) is 16.2. The van der Waals surface area contributed by atoms with E-state index in [-0.39, 0.29) is 5.91 Å². The number of amides is 1. The van der Waals surface area contributed by atoms with Crippen molar-refractivity contribution in [3.8, 4) is 11.3 Å². The fourth-order valence-corrected chi connectivity index (χ4v) is 4.29. The van der Waals surface area contributed by atoms with Crippen molar-refractivity contribution in [1.29, 1.82) is 0 Å². The van der Waals surface area contributed by atoms with Crippen LogP contribution >= 0.6 is 22.7 Å². The molecule has 3 nitrogen and oxygen atoms in total. The van der Waals surface area contributed by atoms with Crippen LogP contribution in [0.4, 0.5) is 0 Å². The van der Waals surface area contributed by atoms with Gasteiger partial charge in [-0.25, -0.2) is 0 Å². The van der Waals surface area contributed by atoms with Crippen molar-refractivity contribution < 1.29 is 4.79 Å². The summed E-state index contributed by atoms with van der Waals surface area (Å²) in [6.07, 6.45) is 0.928. The van der Waals surface area contributed by atoms with Crippen molar-refractivity contribution in [1.82, 2.24) is 4.57 Å². The third-order valence-corrected chi connectivity index (χ3v) is 5.67. The average Bonchev–Trinajstić information content (AvgIpc) is 3.23. The SMILES string of the molecule is CCc1sc(=NC(=O)c2cccs2)n(CC)c1-c1ccccc1. The minimum atomic E-state index is -0.161. The van der Waals surface area contributed by atoms with E-state index in [0.717, 1.165) is 17.8 Å². The Hall–Kier alpha value is -1.98. The Balaban J connectivity index is 2.16. The minimum absolute atomic E-state index is 0.161. The summed E-state index contributed by atoms with van der Waals surface area (Å²) in [5, 5.41) is 1.90. The number of carbonyl (C=O) groups excluding carboxylic acids is 1. The van der Waals surface area contributed by atoms with E-state index in [1.807, 2.05) is 35.7 Å². The molecule has 0 aliphatic rings. The summed E-state index contributed by atoms with van der Waals surface area (Å²) in [5.74, 6) is -0.161. The molecule has 0 N–H and O–H groups in total. The molecule has 0 spiro atoms. The van der Waals surface area contributed by atoms with Crippen molar-refractivity contribution in [2.24, 2.45) is 4.99 Å². The minimum Gasteiger partial charge on any atom is -0.316 e. The highest BCUT2D eigenvalue weighted by molar-refractivity contribution is 7.12. The molecular weight excluding hydrogens is 324 g/mol. The number of aromatic nitrogens is 1. The third-order valence-electron chi connectivity index (χ3n) is 3.59. The zero-order valence-electron chi connectivity index (χ0n) is 13.2. The largest absolute Gasteiger partial charge is 0.316 e. The fourth-order valence-electron chi connectivity index (χ4n) is 2.53. The molecule has 0 atom stereocenters. The van der Waals surface area contributed by atoms with Crippen molar-refractivity contribution in [2.45, 2.75) is 26.8 Å². The predicted molar refractivity (Wildman–Crippen MR) is 97.0 cm³/mol. The van der Waals surface area contributed by atoms with E-state index < -0.39 is 0 Å². The molecule has 1 amide bonds. The van der Waals surface area contributed by atoms with Gasteiger partial charge >= 0.3 is 0 Å². The van der Waals surface area contributed by atoms with Crippen LogP contribution in [-0.4, -0.2) is 10.5 Å². The van der Waals surface area contributed by atoms with Gasteiger partial charge in [0.15, 0.2) is 4.80 Å². The first-order valence-electron chi connectivity index (χ1n) is 7.65. The molecule has 0 saturated carbocycles. The first-order chi connectivity index (χ1) is 11.2. The summed E-state index contributed by atoms with van der Waals surface area (Å²) in [5.41, 5.74) is 2.35. The fraction of sp³-hybridized carbons (Fsp3) is 0.222. The first-order valence-corrected chi connectivity index (χ1v) is 9.34. The number of thiazole rings is 1. The molecule has 0 fully saturated rings. The first kappa shape index (κ1) is 15.9. The molecular formula is C18H18N2OS2. The lowest BCUT2D eigenvalue weighted by Gasteiger charge is -2.08. The lowest BCUT2D eigenvalue weighted by atomic mass is 10.1. The van der Waals surface area contributed by atoms with E-state index in [2.05, 4.69) is 35.5 Å². The van der Waals surface area contributed by atoms with Gasteiger partial charge < -0.3 is 4.57 Å². The van der Waals surface area contributed by atoms with Crippen LogP contribution in [-0.2, 0) is 13.0 Å². The van der Waals surface area contributed by atoms with Gasteiger partial charge in [-0.3, -0.25) is 4.79 Å². The van der Waals surface area contributed by atoms with E-state index in [1.54, 1.807) is 11.3 Å². The smallest absolute Gasteiger partial charge is 0.289 e. The number of thiophene rings is 1. The maximum Gasteiger partial charge on any atom is 0.289 e. The van der Waals surface area contributed by atoms with Gasteiger partial charge in [-0.1, -0.05) is 43.3 Å². The van der Waals surface area contributed by atoms with Crippen molar-refractivity contribution in [2.75, 3.05) is 0 Å². The van der Waals surface area contributed by atoms with E-state index in [0.29, 0.717) is 4.88 Å². The number of hydrogen-bond donors (Lipinski definition) is 0. The van der Waals surface area contributed by atoms with Crippen LogP contribution in [0.1, 0.15) is 28.4 Å². The quantitative estimate of drug-likeness (QED) is 0.682. The van der Waals surface area contributed by atoms with Crippen LogP contribution in [0, 0.1) is 0 Å². The Morgan fingerprint density at radius 2 is 1.91 bits per heavy atom.